The number of hydrogen-bond donors (Lipinski definition) is 2. The average Bonchev–Trinajstić information content (AvgIpc) is 2.26. The van der Waals surface area contributed by atoms with Crippen molar-refractivity contribution in [3.8, 4) is 0 Å². The standard InChI is InChI=1S/C10H12ClF3N2O2S.ClH/c1-6(5-15)16-19(17,18)7-2-3-9(11)8(4-7)10(12,13)14;/h2-4,6,16H,5,15H2,1H3;1H/t6-;/m1./s1. The molecule has 3 N–H and O–H groups in total. The Kier molecular flexibility index (Phi) is 6.76. The van der Waals surface area contributed by atoms with E-state index >= 15 is 0 Å². The van der Waals surface area contributed by atoms with Gasteiger partial charge in [0.15, 0.2) is 0 Å². The number of sulfonamides is 1. The first-order chi connectivity index (χ1) is 8.58. The van der Waals surface area contributed by atoms with Crippen LogP contribution in [-0.4, -0.2) is 21.0 Å². The van der Waals surface area contributed by atoms with Crippen molar-refractivity contribution >= 4 is 34.0 Å². The summed E-state index contributed by atoms with van der Waals surface area (Å²) in [4.78, 5) is -0.510. The highest BCUT2D eigenvalue weighted by atomic mass is 35.5. The number of hydrogen-bond acceptors (Lipinski definition) is 3. The summed E-state index contributed by atoms with van der Waals surface area (Å²) in [6.07, 6.45) is -4.72. The lowest BCUT2D eigenvalue weighted by Crippen LogP contribution is -2.37. The van der Waals surface area contributed by atoms with Gasteiger partial charge in [-0.05, 0) is 25.1 Å². The Morgan fingerprint density at radius 3 is 2.40 bits per heavy atom. The summed E-state index contributed by atoms with van der Waals surface area (Å²) >= 11 is 5.41. The highest BCUT2D eigenvalue weighted by Gasteiger charge is 2.34. The molecule has 0 aliphatic carbocycles. The lowest BCUT2D eigenvalue weighted by Gasteiger charge is -2.14. The number of nitrogens with one attached hydrogen (secondary N) is 1. The van der Waals surface area contributed by atoms with Crippen molar-refractivity contribution in [3.63, 3.8) is 0 Å². The Morgan fingerprint density at radius 1 is 1.40 bits per heavy atom. The van der Waals surface area contributed by atoms with E-state index in [1.165, 1.54) is 6.92 Å². The minimum Gasteiger partial charge on any atom is -0.329 e. The van der Waals surface area contributed by atoms with Gasteiger partial charge in [0.1, 0.15) is 0 Å². The number of rotatable bonds is 4. The molecule has 1 aromatic carbocycles. The zero-order valence-electron chi connectivity index (χ0n) is 10.2. The molecule has 0 unspecified atom stereocenters. The highest BCUT2D eigenvalue weighted by molar-refractivity contribution is 7.89. The van der Waals surface area contributed by atoms with Gasteiger partial charge < -0.3 is 5.73 Å². The molecule has 116 valence electrons. The van der Waals surface area contributed by atoms with Crippen LogP contribution in [0.2, 0.25) is 5.02 Å². The number of alkyl halides is 3. The lowest BCUT2D eigenvalue weighted by atomic mass is 10.2. The second kappa shape index (κ2) is 6.95. The first-order valence-corrected chi connectivity index (χ1v) is 7.03. The largest absolute Gasteiger partial charge is 0.417 e. The third-order valence-electron chi connectivity index (χ3n) is 2.26. The van der Waals surface area contributed by atoms with E-state index < -0.39 is 37.7 Å². The van der Waals surface area contributed by atoms with Crippen molar-refractivity contribution in [2.24, 2.45) is 5.73 Å². The summed E-state index contributed by atoms with van der Waals surface area (Å²) in [5, 5.41) is -0.557. The summed E-state index contributed by atoms with van der Waals surface area (Å²) in [5.41, 5.74) is 4.06. The molecule has 0 radical (unpaired) electrons. The summed E-state index contributed by atoms with van der Waals surface area (Å²) in [7, 11) is -4.06. The van der Waals surface area contributed by atoms with Gasteiger partial charge in [0.05, 0.1) is 15.5 Å². The van der Waals surface area contributed by atoms with Gasteiger partial charge in [-0.2, -0.15) is 13.2 Å². The van der Waals surface area contributed by atoms with Gasteiger partial charge in [-0.15, -0.1) is 12.4 Å². The first-order valence-electron chi connectivity index (χ1n) is 5.17. The van der Waals surface area contributed by atoms with Crippen molar-refractivity contribution < 1.29 is 21.6 Å². The van der Waals surface area contributed by atoms with Crippen LogP contribution in [0, 0.1) is 0 Å². The molecule has 1 aromatic rings. The minimum absolute atomic E-state index is 0. The molecular formula is C10H13Cl2F3N2O2S. The second-order valence-corrected chi connectivity index (χ2v) is 6.02. The molecule has 0 fully saturated rings. The van der Waals surface area contributed by atoms with Gasteiger partial charge in [-0.1, -0.05) is 11.6 Å². The first kappa shape index (κ1) is 19.5. The molecule has 0 saturated heterocycles. The van der Waals surface area contributed by atoms with E-state index in [0.717, 1.165) is 12.1 Å². The Balaban J connectivity index is 0.00000361. The summed E-state index contributed by atoms with van der Waals surface area (Å²) in [5.74, 6) is 0. The van der Waals surface area contributed by atoms with E-state index in [1.807, 2.05) is 0 Å². The Labute approximate surface area is 125 Å². The number of halogens is 5. The molecule has 0 saturated carbocycles. The molecule has 1 atom stereocenters. The van der Waals surface area contributed by atoms with Crippen LogP contribution >= 0.6 is 24.0 Å². The molecule has 1 rings (SSSR count). The van der Waals surface area contributed by atoms with Crippen LogP contribution in [0.1, 0.15) is 12.5 Å². The van der Waals surface area contributed by atoms with Crippen LogP contribution in [0.15, 0.2) is 23.1 Å². The minimum atomic E-state index is -4.72. The lowest BCUT2D eigenvalue weighted by molar-refractivity contribution is -0.137. The van der Waals surface area contributed by atoms with Crippen LogP contribution in [0.25, 0.3) is 0 Å². The molecule has 0 spiro atoms. The molecule has 0 aliphatic heterocycles. The average molecular weight is 353 g/mol. The van der Waals surface area contributed by atoms with Crippen LogP contribution in [0.3, 0.4) is 0 Å². The smallest absolute Gasteiger partial charge is 0.329 e. The van der Waals surface area contributed by atoms with Crippen molar-refractivity contribution in [3.05, 3.63) is 28.8 Å². The molecule has 4 nitrogen and oxygen atoms in total. The van der Waals surface area contributed by atoms with Crippen molar-refractivity contribution in [2.75, 3.05) is 6.54 Å². The van der Waals surface area contributed by atoms with E-state index in [1.54, 1.807) is 0 Å². The van der Waals surface area contributed by atoms with Gasteiger partial charge >= 0.3 is 6.18 Å². The number of benzene rings is 1. The summed E-state index contributed by atoms with van der Waals surface area (Å²) in [6, 6.07) is 1.80. The van der Waals surface area contributed by atoms with E-state index in [9.17, 15) is 21.6 Å². The maximum Gasteiger partial charge on any atom is 0.417 e. The molecule has 0 aliphatic rings. The normalized spacial score (nSPS) is 13.7. The van der Waals surface area contributed by atoms with Gasteiger partial charge in [0.25, 0.3) is 0 Å². The van der Waals surface area contributed by atoms with Crippen LogP contribution < -0.4 is 10.5 Å². The van der Waals surface area contributed by atoms with Crippen molar-refractivity contribution in [1.82, 2.24) is 4.72 Å². The van der Waals surface area contributed by atoms with Crippen LogP contribution in [0.4, 0.5) is 13.2 Å². The fraction of sp³-hybridized carbons (Fsp3) is 0.400. The highest BCUT2D eigenvalue weighted by Crippen LogP contribution is 2.35. The molecule has 0 heterocycles. The molecule has 0 aromatic heterocycles. The second-order valence-electron chi connectivity index (χ2n) is 3.90. The Bertz CT molecular complexity index is 564. The topological polar surface area (TPSA) is 72.2 Å². The van der Waals surface area contributed by atoms with Crippen LogP contribution in [-0.2, 0) is 16.2 Å². The quantitative estimate of drug-likeness (QED) is 0.873. The third-order valence-corrected chi connectivity index (χ3v) is 4.18. The molecule has 0 amide bonds. The number of nitrogens with two attached hydrogens (primary N) is 1. The summed E-state index contributed by atoms with van der Waals surface area (Å²) < 4.78 is 63.7. The van der Waals surface area contributed by atoms with Gasteiger partial charge in [0.2, 0.25) is 10.0 Å². The third kappa shape index (κ3) is 4.78. The zero-order valence-corrected chi connectivity index (χ0v) is 12.6. The monoisotopic (exact) mass is 352 g/mol. The zero-order chi connectivity index (χ0) is 14.8. The van der Waals surface area contributed by atoms with E-state index in [0.29, 0.717) is 6.07 Å². The van der Waals surface area contributed by atoms with Crippen molar-refractivity contribution in [2.45, 2.75) is 24.0 Å². The maximum absolute atomic E-state index is 12.6. The maximum atomic E-state index is 12.6. The van der Waals surface area contributed by atoms with E-state index in [-0.39, 0.29) is 19.0 Å². The SMILES string of the molecule is C[C@H](CN)NS(=O)(=O)c1ccc(Cl)c(C(F)(F)F)c1.Cl. The Hall–Kier alpha value is -0.540. The van der Waals surface area contributed by atoms with Gasteiger partial charge in [-0.3, -0.25) is 0 Å². The summed E-state index contributed by atoms with van der Waals surface area (Å²) in [6.45, 7) is 1.52. The molecular weight excluding hydrogens is 340 g/mol. The molecule has 0 bridgehead atoms. The fourth-order valence-corrected chi connectivity index (χ4v) is 2.78. The van der Waals surface area contributed by atoms with Crippen molar-refractivity contribution in [1.29, 1.82) is 0 Å². The fourth-order valence-electron chi connectivity index (χ4n) is 1.27. The van der Waals surface area contributed by atoms with Gasteiger partial charge in [0, 0.05) is 12.6 Å². The van der Waals surface area contributed by atoms with E-state index in [4.69, 9.17) is 17.3 Å². The molecule has 10 heteroatoms. The predicted octanol–water partition coefficient (Wildman–Crippen LogP) is 2.41. The van der Waals surface area contributed by atoms with Crippen LogP contribution in [0.5, 0.6) is 0 Å². The van der Waals surface area contributed by atoms with E-state index in [2.05, 4.69) is 4.72 Å². The Morgan fingerprint density at radius 2 is 1.95 bits per heavy atom. The van der Waals surface area contributed by atoms with Gasteiger partial charge in [-0.25, -0.2) is 13.1 Å². The molecule has 20 heavy (non-hydrogen) atoms. The predicted molar refractivity (Wildman–Crippen MR) is 72.5 cm³/mol.